The normalized spacial score (nSPS) is 10.0. The van der Waals surface area contributed by atoms with E-state index < -0.39 is 5.97 Å². The summed E-state index contributed by atoms with van der Waals surface area (Å²) in [4.78, 5) is 27.1. The predicted molar refractivity (Wildman–Crippen MR) is 128 cm³/mol. The van der Waals surface area contributed by atoms with Crippen molar-refractivity contribution in [3.63, 3.8) is 0 Å². The second-order valence-electron chi connectivity index (χ2n) is 6.56. The molecule has 0 aliphatic rings. The zero-order valence-corrected chi connectivity index (χ0v) is 19.3. The van der Waals surface area contributed by atoms with Crippen molar-refractivity contribution in [2.45, 2.75) is 4.90 Å². The Morgan fingerprint density at radius 1 is 0.882 bits per heavy atom. The first-order valence-electron chi connectivity index (χ1n) is 9.71. The zero-order valence-electron chi connectivity index (χ0n) is 17.5. The van der Waals surface area contributed by atoms with Crippen molar-refractivity contribution in [2.75, 3.05) is 5.32 Å². The van der Waals surface area contributed by atoms with Crippen LogP contribution in [0.4, 0.5) is 17.1 Å². The molecule has 176 valence electrons. The summed E-state index contributed by atoms with van der Waals surface area (Å²) < 4.78 is 4.95. The Morgan fingerprint density at radius 3 is 2.18 bits per heavy atom. The third-order valence-corrected chi connectivity index (χ3v) is 4.63. The Balaban J connectivity index is 0.000000234. The number of nitrogens with zero attached hydrogens (tertiary/aromatic N) is 1. The Bertz CT molecular complexity index is 1280. The van der Waals surface area contributed by atoms with Gasteiger partial charge in [0.1, 0.15) is 5.75 Å². The van der Waals surface area contributed by atoms with Gasteiger partial charge in [-0.2, -0.15) is 0 Å². The molecule has 1 heterocycles. The molecule has 4 rings (SSSR count). The van der Waals surface area contributed by atoms with Gasteiger partial charge in [0.25, 0.3) is 0 Å². The van der Waals surface area contributed by atoms with E-state index >= 15 is 0 Å². The van der Waals surface area contributed by atoms with E-state index in [1.807, 2.05) is 12.1 Å². The molecule has 3 N–H and O–H groups in total. The van der Waals surface area contributed by atoms with Crippen molar-refractivity contribution in [3.8, 4) is 5.75 Å². The maximum Gasteiger partial charge on any atom is 1.00 e. The van der Waals surface area contributed by atoms with Crippen LogP contribution < -0.4 is 5.32 Å². The molecule has 0 spiro atoms. The van der Waals surface area contributed by atoms with E-state index in [0.717, 1.165) is 0 Å². The number of carboxylic acids is 1. The van der Waals surface area contributed by atoms with E-state index in [0.29, 0.717) is 22.0 Å². The number of Topliss-reactive ketones (excluding diaryl/α,β-unsaturated/α-hetero) is 1. The van der Waals surface area contributed by atoms with Crippen molar-refractivity contribution in [3.05, 3.63) is 103 Å². The summed E-state index contributed by atoms with van der Waals surface area (Å²) in [5.74, 6) is -0.940. The fraction of sp³-hybridized carbons (Fsp3) is 0. The van der Waals surface area contributed by atoms with E-state index in [1.54, 1.807) is 60.7 Å². The number of anilines is 2. The number of carbonyl (C=O) groups excluding carboxylic acids is 1. The number of carbonyl (C=O) groups is 2. The quantitative estimate of drug-likeness (QED) is 0.0992. The molecule has 4 aromatic rings. The summed E-state index contributed by atoms with van der Waals surface area (Å²) in [5, 5.41) is 21.5. The minimum Gasteiger partial charge on any atom is -0.778 e. The number of phenolic OH excluding ortho intramolecular Hbond substituents is 1. The minimum atomic E-state index is -1.01. The molecule has 0 aliphatic heterocycles. The monoisotopic (exact) mass is 522 g/mol. The van der Waals surface area contributed by atoms with Gasteiger partial charge in [-0.1, -0.05) is 42.5 Å². The van der Waals surface area contributed by atoms with Gasteiger partial charge < -0.3 is 32.6 Å². The average Bonchev–Trinajstić information content (AvgIpc) is 3.36. The molecule has 34 heavy (non-hydrogen) atoms. The third-order valence-electron chi connectivity index (χ3n) is 4.28. The van der Waals surface area contributed by atoms with Gasteiger partial charge in [-0.3, -0.25) is 9.79 Å². The Morgan fingerprint density at radius 2 is 1.53 bits per heavy atom. The van der Waals surface area contributed by atoms with Crippen LogP contribution >= 0.6 is 0 Å². The van der Waals surface area contributed by atoms with Crippen LogP contribution in [0, 0.1) is 0 Å². The van der Waals surface area contributed by atoms with Crippen LogP contribution in [0.1, 0.15) is 20.9 Å². The summed E-state index contributed by atoms with van der Waals surface area (Å²) in [6, 6.07) is 23.6. The first-order chi connectivity index (χ1) is 16.0. The van der Waals surface area contributed by atoms with E-state index in [9.17, 15) is 14.7 Å². The standard InChI is InChI=1S/C13H11NO3.C12H9NO2S.Cu/c15-12-8-4-3-7-11(12)14-10-6-2-1-5-9(10)13(16)17;14-10(11-5-3-7-15-11)8-13-9-4-1-2-6-12(9)16;/h1-8,14-15H,(H,16,17);1-8,16H;/q;;+1/p-1. The molecule has 9 heteroatoms. The predicted octanol–water partition coefficient (Wildman–Crippen LogP) is 5.60. The maximum absolute atomic E-state index is 11.5. The van der Waals surface area contributed by atoms with Crippen LogP contribution in [-0.4, -0.2) is 28.2 Å². The SMILES string of the molecule is O=C(C=Nc1ccccc1[S-])c1ccco1.O=C(O)c1ccccc1Nc1ccccc1O.[Cu+]. The summed E-state index contributed by atoms with van der Waals surface area (Å²) in [6.07, 6.45) is 2.66. The second-order valence-corrected chi connectivity index (χ2v) is 7.00. The molecule has 0 unspecified atom stereocenters. The van der Waals surface area contributed by atoms with E-state index in [-0.39, 0.29) is 39.9 Å². The van der Waals surface area contributed by atoms with Crippen LogP contribution in [-0.2, 0) is 29.7 Å². The van der Waals surface area contributed by atoms with E-state index in [4.69, 9.17) is 22.2 Å². The first kappa shape index (κ1) is 26.3. The van der Waals surface area contributed by atoms with Gasteiger partial charge >= 0.3 is 23.0 Å². The summed E-state index contributed by atoms with van der Waals surface area (Å²) >= 11 is 5.06. The number of hydrogen-bond donors (Lipinski definition) is 3. The molecule has 0 fully saturated rings. The van der Waals surface area contributed by atoms with E-state index in [2.05, 4.69) is 10.3 Å². The van der Waals surface area contributed by atoms with Crippen LogP contribution in [0.2, 0.25) is 0 Å². The topological polar surface area (TPSA) is 112 Å². The second kappa shape index (κ2) is 13.0. The van der Waals surface area contributed by atoms with Crippen LogP contribution in [0.15, 0.2) is 105 Å². The number of benzene rings is 3. The number of phenols is 1. The number of aromatic hydroxyl groups is 1. The molecule has 0 aliphatic carbocycles. The largest absolute Gasteiger partial charge is 1.00 e. The van der Waals surface area contributed by atoms with E-state index in [1.165, 1.54) is 24.6 Å². The molecule has 0 amide bonds. The van der Waals surface area contributed by atoms with Crippen molar-refractivity contribution < 1.29 is 41.3 Å². The molecule has 7 nitrogen and oxygen atoms in total. The Kier molecular flexibility index (Phi) is 10.0. The molecule has 1 aromatic heterocycles. The van der Waals surface area contributed by atoms with Gasteiger partial charge in [-0.25, -0.2) is 4.79 Å². The number of furan rings is 1. The molecule has 0 atom stereocenters. The molecule has 0 saturated heterocycles. The van der Waals surface area contributed by atoms with Crippen LogP contribution in [0.5, 0.6) is 5.75 Å². The molecular formula is C25H19CuN2O5S. The number of aromatic carboxylic acids is 1. The zero-order chi connectivity index (χ0) is 23.6. The van der Waals surface area contributed by atoms with Gasteiger partial charge in [0.15, 0.2) is 5.76 Å². The smallest absolute Gasteiger partial charge is 0.778 e. The van der Waals surface area contributed by atoms with Crippen molar-refractivity contribution >= 4 is 47.7 Å². The number of rotatable bonds is 6. The summed E-state index contributed by atoms with van der Waals surface area (Å²) in [7, 11) is 0. The molecule has 0 saturated carbocycles. The fourth-order valence-electron chi connectivity index (χ4n) is 2.68. The number of nitrogens with one attached hydrogen (secondary N) is 1. The summed E-state index contributed by atoms with van der Waals surface area (Å²) in [5.41, 5.74) is 1.69. The molecule has 0 radical (unpaired) electrons. The van der Waals surface area contributed by atoms with Gasteiger partial charge in [0, 0.05) is 5.69 Å². The van der Waals surface area contributed by atoms with Crippen molar-refractivity contribution in [2.24, 2.45) is 4.99 Å². The van der Waals surface area contributed by atoms with Crippen LogP contribution in [0.25, 0.3) is 0 Å². The minimum absolute atomic E-state index is 0. The fourth-order valence-corrected chi connectivity index (χ4v) is 2.88. The molecular weight excluding hydrogens is 504 g/mol. The average molecular weight is 523 g/mol. The van der Waals surface area contributed by atoms with Gasteiger partial charge in [-0.15, -0.1) is 4.90 Å². The number of para-hydroxylation sites is 4. The van der Waals surface area contributed by atoms with Gasteiger partial charge in [0.2, 0.25) is 5.78 Å². The Hall–Kier alpha value is -3.91. The first-order valence-corrected chi connectivity index (χ1v) is 10.1. The number of ketones is 1. The number of carboxylic acid groups (broad SMARTS) is 1. The molecule has 3 aromatic carbocycles. The van der Waals surface area contributed by atoms with Gasteiger partial charge in [0.05, 0.1) is 29.4 Å². The summed E-state index contributed by atoms with van der Waals surface area (Å²) in [6.45, 7) is 0. The van der Waals surface area contributed by atoms with Crippen LogP contribution in [0.3, 0.4) is 0 Å². The number of hydrogen-bond acceptors (Lipinski definition) is 7. The Labute approximate surface area is 212 Å². The van der Waals surface area contributed by atoms with Crippen molar-refractivity contribution in [1.29, 1.82) is 0 Å². The number of aliphatic imine (C=N–C) groups is 1. The molecule has 0 bridgehead atoms. The third kappa shape index (κ3) is 7.31. The van der Waals surface area contributed by atoms with Gasteiger partial charge in [-0.05, 0) is 42.5 Å². The van der Waals surface area contributed by atoms with Crippen molar-refractivity contribution in [1.82, 2.24) is 0 Å². The maximum atomic E-state index is 11.5.